The Balaban J connectivity index is 1.80. The summed E-state index contributed by atoms with van der Waals surface area (Å²) in [5, 5.41) is 9.93. The van der Waals surface area contributed by atoms with Gasteiger partial charge in [-0.25, -0.2) is 18.2 Å². The highest BCUT2D eigenvalue weighted by Gasteiger charge is 2.24. The van der Waals surface area contributed by atoms with Crippen LogP contribution in [0, 0.1) is 0 Å². The lowest BCUT2D eigenvalue weighted by Gasteiger charge is -2.19. The first-order valence-electron chi connectivity index (χ1n) is 12.7. The Morgan fingerprint density at radius 2 is 1.69 bits per heavy atom. The van der Waals surface area contributed by atoms with E-state index >= 15 is 0 Å². The van der Waals surface area contributed by atoms with E-state index in [2.05, 4.69) is 36.0 Å². The number of alkyl carbamates (subject to hydrolysis) is 1. The van der Waals surface area contributed by atoms with Gasteiger partial charge in [0.05, 0.1) is 22.0 Å². The molecule has 2 amide bonds. The van der Waals surface area contributed by atoms with Crippen molar-refractivity contribution in [2.75, 3.05) is 22.5 Å². The zero-order valence-corrected chi connectivity index (χ0v) is 24.4. The van der Waals surface area contributed by atoms with Gasteiger partial charge in [0.2, 0.25) is 11.9 Å². The van der Waals surface area contributed by atoms with Crippen LogP contribution in [-0.4, -0.2) is 54.4 Å². The summed E-state index contributed by atoms with van der Waals surface area (Å²) in [6, 6.07) is 12.4. The molecule has 1 aromatic heterocycles. The van der Waals surface area contributed by atoms with Crippen LogP contribution in [-0.2, 0) is 19.4 Å². The molecule has 12 nitrogen and oxygen atoms in total. The molecule has 1 heterocycles. The average molecular weight is 607 g/mol. The molecule has 0 saturated carbocycles. The number of amides is 2. The molecule has 0 fully saturated rings. The fourth-order valence-corrected chi connectivity index (χ4v) is 4.58. The number of sulfone groups is 1. The van der Waals surface area contributed by atoms with E-state index < -0.39 is 45.0 Å². The second kappa shape index (κ2) is 13.4. The van der Waals surface area contributed by atoms with Crippen molar-refractivity contribution >= 4 is 50.7 Å². The van der Waals surface area contributed by atoms with Crippen molar-refractivity contribution in [1.29, 1.82) is 0 Å². The second-order valence-electron chi connectivity index (χ2n) is 10.1. The first kappa shape index (κ1) is 32.0. The molecule has 0 atom stereocenters. The smallest absolute Gasteiger partial charge is 0.408 e. The van der Waals surface area contributed by atoms with E-state index in [9.17, 15) is 26.8 Å². The maximum Gasteiger partial charge on any atom is 0.408 e. The van der Waals surface area contributed by atoms with Crippen LogP contribution in [0.4, 0.5) is 42.4 Å². The summed E-state index contributed by atoms with van der Waals surface area (Å²) in [5.74, 6) is -1.18. The molecule has 42 heavy (non-hydrogen) atoms. The molecular weight excluding hydrogens is 574 g/mol. The second-order valence-corrected chi connectivity index (χ2v) is 12.6. The number of para-hydroxylation sites is 1. The van der Waals surface area contributed by atoms with Gasteiger partial charge in [-0.1, -0.05) is 18.2 Å². The number of carbonyl (C=O) groups is 2. The normalized spacial score (nSPS) is 11.6. The molecule has 3 aromatic rings. The minimum absolute atomic E-state index is 0.0410. The number of ether oxygens (including phenoxy) is 2. The first-order valence-corrected chi connectivity index (χ1v) is 14.2. The van der Waals surface area contributed by atoms with E-state index in [0.717, 1.165) is 6.20 Å². The van der Waals surface area contributed by atoms with Gasteiger partial charge in [0, 0.05) is 11.4 Å². The molecule has 0 aliphatic heterocycles. The van der Waals surface area contributed by atoms with E-state index in [4.69, 9.17) is 4.74 Å². The van der Waals surface area contributed by atoms with Crippen molar-refractivity contribution < 1.29 is 36.3 Å². The maximum atomic E-state index is 13.1. The molecule has 0 aliphatic rings. The van der Waals surface area contributed by atoms with E-state index in [1.54, 1.807) is 57.2 Å². The molecular formula is C27H32F2N6O6S. The minimum atomic E-state index is -3.73. The highest BCUT2D eigenvalue weighted by Crippen LogP contribution is 2.32. The summed E-state index contributed by atoms with van der Waals surface area (Å²) in [6.07, 6.45) is 0.274. The zero-order chi connectivity index (χ0) is 31.1. The number of halogens is 2. The number of hydrogen-bond donors (Lipinski definition) is 4. The van der Waals surface area contributed by atoms with Gasteiger partial charge in [-0.05, 0) is 65.0 Å². The Hall–Kier alpha value is -4.53. The minimum Gasteiger partial charge on any atom is -0.444 e. The molecule has 15 heteroatoms. The largest absolute Gasteiger partial charge is 0.444 e. The van der Waals surface area contributed by atoms with Crippen LogP contribution < -0.4 is 26.0 Å². The van der Waals surface area contributed by atoms with E-state index in [1.165, 1.54) is 26.0 Å². The molecule has 226 valence electrons. The topological polar surface area (TPSA) is 161 Å². The Bertz CT molecular complexity index is 1530. The van der Waals surface area contributed by atoms with Gasteiger partial charge < -0.3 is 30.7 Å². The van der Waals surface area contributed by atoms with Crippen molar-refractivity contribution in [3.05, 3.63) is 54.7 Å². The van der Waals surface area contributed by atoms with Gasteiger partial charge in [-0.15, -0.1) is 0 Å². The highest BCUT2D eigenvalue weighted by molar-refractivity contribution is 7.92. The van der Waals surface area contributed by atoms with Crippen LogP contribution in [0.25, 0.3) is 0 Å². The highest BCUT2D eigenvalue weighted by atomic mass is 32.2. The lowest BCUT2D eigenvalue weighted by atomic mass is 10.2. The molecule has 0 spiro atoms. The molecule has 2 aromatic carbocycles. The summed E-state index contributed by atoms with van der Waals surface area (Å²) in [5.41, 5.74) is 0.195. The standard InChI is InChI=1S/C27H32F2N6O6S/c1-16(2)42(38,39)21-12-7-6-11-19(21)34-23-20(40-24(28)29)14-30-25(35-23)33-18-10-8-9-17(13-18)32-22(36)15-31-26(37)41-27(3,4)5/h6-14,16,24H,15H2,1-5H3,(H,31,37)(H,32,36)(H2,30,33,34,35). The Morgan fingerprint density at radius 3 is 2.36 bits per heavy atom. The number of anilines is 5. The van der Waals surface area contributed by atoms with E-state index in [1.807, 2.05) is 0 Å². The van der Waals surface area contributed by atoms with Crippen molar-refractivity contribution in [3.63, 3.8) is 0 Å². The molecule has 4 N–H and O–H groups in total. The molecule has 0 bridgehead atoms. The van der Waals surface area contributed by atoms with Crippen molar-refractivity contribution in [2.24, 2.45) is 0 Å². The van der Waals surface area contributed by atoms with Gasteiger partial charge in [0.25, 0.3) is 0 Å². The number of aromatic nitrogens is 2. The Labute approximate surface area is 242 Å². The lowest BCUT2D eigenvalue weighted by Crippen LogP contribution is -2.37. The van der Waals surface area contributed by atoms with E-state index in [0.29, 0.717) is 11.4 Å². The number of nitrogens with one attached hydrogen (secondary N) is 4. The molecule has 0 unspecified atom stereocenters. The van der Waals surface area contributed by atoms with Crippen LogP contribution in [0.1, 0.15) is 34.6 Å². The number of rotatable bonds is 11. The van der Waals surface area contributed by atoms with Crippen LogP contribution in [0.3, 0.4) is 0 Å². The van der Waals surface area contributed by atoms with Crippen LogP contribution in [0.5, 0.6) is 5.75 Å². The molecule has 0 aliphatic carbocycles. The number of nitrogens with zero attached hydrogens (tertiary/aromatic N) is 2. The van der Waals surface area contributed by atoms with Crippen LogP contribution >= 0.6 is 0 Å². The Kier molecular flexibility index (Phi) is 10.2. The number of alkyl halides is 2. The number of carbonyl (C=O) groups excluding carboxylic acids is 2. The van der Waals surface area contributed by atoms with Crippen molar-refractivity contribution in [2.45, 2.75) is 57.0 Å². The summed E-state index contributed by atoms with van der Waals surface area (Å²) in [7, 11) is -3.73. The third kappa shape index (κ3) is 9.26. The summed E-state index contributed by atoms with van der Waals surface area (Å²) < 4.78 is 61.6. The maximum absolute atomic E-state index is 13.1. The monoisotopic (exact) mass is 606 g/mol. The van der Waals surface area contributed by atoms with Crippen molar-refractivity contribution in [1.82, 2.24) is 15.3 Å². The third-order valence-electron chi connectivity index (χ3n) is 5.23. The third-order valence-corrected chi connectivity index (χ3v) is 7.44. The predicted octanol–water partition coefficient (Wildman–Crippen LogP) is 5.21. The SMILES string of the molecule is CC(C)S(=O)(=O)c1ccccc1Nc1nc(Nc2cccc(NC(=O)CNC(=O)OC(C)(C)C)c2)ncc1OC(F)F. The molecule has 3 rings (SSSR count). The summed E-state index contributed by atoms with van der Waals surface area (Å²) in [6.45, 7) is 4.63. The van der Waals surface area contributed by atoms with Crippen LogP contribution in [0.2, 0.25) is 0 Å². The fraction of sp³-hybridized carbons (Fsp3) is 0.333. The zero-order valence-electron chi connectivity index (χ0n) is 23.6. The molecule has 0 saturated heterocycles. The first-order chi connectivity index (χ1) is 19.6. The fourth-order valence-electron chi connectivity index (χ4n) is 3.38. The molecule has 0 radical (unpaired) electrons. The number of benzene rings is 2. The summed E-state index contributed by atoms with van der Waals surface area (Å²) in [4.78, 5) is 32.2. The van der Waals surface area contributed by atoms with Gasteiger partial charge >= 0.3 is 12.7 Å². The predicted molar refractivity (Wildman–Crippen MR) is 153 cm³/mol. The van der Waals surface area contributed by atoms with Gasteiger partial charge in [-0.2, -0.15) is 13.8 Å². The van der Waals surface area contributed by atoms with Crippen LogP contribution in [0.15, 0.2) is 59.6 Å². The number of hydrogen-bond acceptors (Lipinski definition) is 10. The van der Waals surface area contributed by atoms with Gasteiger partial charge in [0.1, 0.15) is 12.1 Å². The summed E-state index contributed by atoms with van der Waals surface area (Å²) >= 11 is 0. The van der Waals surface area contributed by atoms with Gasteiger partial charge in [-0.3, -0.25) is 4.79 Å². The van der Waals surface area contributed by atoms with Gasteiger partial charge in [0.15, 0.2) is 21.4 Å². The average Bonchev–Trinajstić information content (AvgIpc) is 2.88. The van der Waals surface area contributed by atoms with Crippen molar-refractivity contribution in [3.8, 4) is 5.75 Å². The quantitative estimate of drug-likeness (QED) is 0.228. The lowest BCUT2D eigenvalue weighted by molar-refractivity contribution is -0.115. The Morgan fingerprint density at radius 1 is 1.00 bits per heavy atom. The van der Waals surface area contributed by atoms with E-state index in [-0.39, 0.29) is 28.9 Å².